The summed E-state index contributed by atoms with van der Waals surface area (Å²) in [5, 5.41) is 36.1. The molecule has 12 nitrogen and oxygen atoms in total. The Bertz CT molecular complexity index is 1570. The van der Waals surface area contributed by atoms with Crippen LogP contribution in [0.25, 0.3) is 22.2 Å². The average Bonchev–Trinajstić information content (AvgIpc) is 3.59. The lowest BCUT2D eigenvalue weighted by atomic mass is 9.75. The highest BCUT2D eigenvalue weighted by atomic mass is 16.6. The Labute approximate surface area is 245 Å². The molecule has 2 unspecified atom stereocenters. The van der Waals surface area contributed by atoms with Gasteiger partial charge in [-0.05, 0) is 49.3 Å². The number of imidazole rings is 2. The molecule has 0 radical (unpaired) electrons. The summed E-state index contributed by atoms with van der Waals surface area (Å²) < 4.78 is 7.19. The fourth-order valence-electron chi connectivity index (χ4n) is 6.51. The Hall–Kier alpha value is -3.16. The molecule has 226 valence electrons. The van der Waals surface area contributed by atoms with Crippen molar-refractivity contribution in [3.05, 3.63) is 47.4 Å². The largest absolute Gasteiger partial charge is 0.632 e. The van der Waals surface area contributed by atoms with Crippen LogP contribution in [0.4, 0.5) is 5.82 Å². The van der Waals surface area contributed by atoms with Gasteiger partial charge in [0.25, 0.3) is 0 Å². The van der Waals surface area contributed by atoms with Gasteiger partial charge in [0.1, 0.15) is 42.5 Å². The summed E-state index contributed by atoms with van der Waals surface area (Å²) in [4.78, 5) is 20.7. The lowest BCUT2D eigenvalue weighted by molar-refractivity contribution is -0.935. The van der Waals surface area contributed by atoms with E-state index in [1.54, 1.807) is 0 Å². The van der Waals surface area contributed by atoms with E-state index in [0.717, 1.165) is 42.5 Å². The average molecular weight is 579 g/mol. The van der Waals surface area contributed by atoms with Gasteiger partial charge in [-0.2, -0.15) is 0 Å². The maximum atomic E-state index is 14.3. The molecule has 4 aromatic rings. The van der Waals surface area contributed by atoms with Crippen LogP contribution in [0.2, 0.25) is 0 Å². The van der Waals surface area contributed by atoms with Crippen LogP contribution in [0.1, 0.15) is 71.5 Å². The van der Waals surface area contributed by atoms with Gasteiger partial charge in [0, 0.05) is 19.3 Å². The van der Waals surface area contributed by atoms with Gasteiger partial charge in [0.05, 0.1) is 29.4 Å². The molecule has 5 N–H and O–H groups in total. The molecule has 4 heterocycles. The summed E-state index contributed by atoms with van der Waals surface area (Å²) in [5.41, 5.74) is 10.1. The molecule has 1 aliphatic heterocycles. The van der Waals surface area contributed by atoms with Gasteiger partial charge < -0.3 is 35.5 Å². The number of aliphatic hydroxyl groups excluding tert-OH is 2. The normalized spacial score (nSPS) is 28.0. The third kappa shape index (κ3) is 5.05. The highest BCUT2D eigenvalue weighted by Crippen LogP contribution is 2.42. The molecule has 1 saturated carbocycles. The minimum Gasteiger partial charge on any atom is -0.632 e. The number of hydrogen-bond acceptors (Lipinski definition) is 9. The van der Waals surface area contributed by atoms with Crippen molar-refractivity contribution in [2.45, 2.75) is 102 Å². The number of rotatable bonds is 8. The van der Waals surface area contributed by atoms with Gasteiger partial charge in [0.15, 0.2) is 17.7 Å². The van der Waals surface area contributed by atoms with Crippen molar-refractivity contribution in [1.82, 2.24) is 29.5 Å². The number of aryl methyl sites for hydroxylation is 1. The lowest BCUT2D eigenvalue weighted by Crippen LogP contribution is -2.63. The summed E-state index contributed by atoms with van der Waals surface area (Å²) in [6.45, 7) is 10.5. The third-order valence-electron chi connectivity index (χ3n) is 9.35. The number of H-pyrrole nitrogens is 1. The summed E-state index contributed by atoms with van der Waals surface area (Å²) >= 11 is 0. The zero-order chi connectivity index (χ0) is 30.0. The van der Waals surface area contributed by atoms with E-state index in [4.69, 9.17) is 15.5 Å². The van der Waals surface area contributed by atoms with Crippen molar-refractivity contribution >= 4 is 28.0 Å². The molecule has 0 amide bonds. The van der Waals surface area contributed by atoms with Crippen LogP contribution in [0.5, 0.6) is 0 Å². The molecular formula is C30H42N8O4. The van der Waals surface area contributed by atoms with Crippen molar-refractivity contribution < 1.29 is 19.6 Å². The van der Waals surface area contributed by atoms with Gasteiger partial charge >= 0.3 is 0 Å². The maximum Gasteiger partial charge on any atom is 0.167 e. The van der Waals surface area contributed by atoms with E-state index in [2.05, 4.69) is 58.9 Å². The number of hydrogen-bond donors (Lipinski definition) is 4. The van der Waals surface area contributed by atoms with E-state index in [0.29, 0.717) is 17.1 Å². The van der Waals surface area contributed by atoms with Crippen molar-refractivity contribution in [3.63, 3.8) is 0 Å². The van der Waals surface area contributed by atoms with E-state index < -0.39 is 29.2 Å². The number of nitrogens with two attached hydrogens (primary N) is 1. The SMILES string of the molecule is CC(C)[N+]([O-])(C[C@H]1OC(n2cnc3c(N)ncnc32)[C@H](O)[C@@H]1O)[C@H]1C[C@@H](CCc2nc3cc(C(C)(C)C)ccc3[nH]2)C1. The molecule has 6 rings (SSSR count). The molecule has 1 aliphatic carbocycles. The molecule has 0 bridgehead atoms. The maximum absolute atomic E-state index is 14.3. The molecule has 1 aromatic carbocycles. The molecule has 3 aromatic heterocycles. The van der Waals surface area contributed by atoms with E-state index >= 15 is 0 Å². The summed E-state index contributed by atoms with van der Waals surface area (Å²) in [7, 11) is 0. The van der Waals surface area contributed by atoms with E-state index in [9.17, 15) is 15.4 Å². The highest BCUT2D eigenvalue weighted by Gasteiger charge is 2.50. The number of nitrogens with zero attached hydrogens (tertiary/aromatic N) is 6. The van der Waals surface area contributed by atoms with Crippen LogP contribution >= 0.6 is 0 Å². The Morgan fingerprint density at radius 1 is 1.17 bits per heavy atom. The van der Waals surface area contributed by atoms with E-state index in [1.807, 2.05) is 13.8 Å². The number of fused-ring (bicyclic) bond motifs is 2. The van der Waals surface area contributed by atoms with Crippen LogP contribution in [-0.4, -0.2) is 81.3 Å². The number of aromatic amines is 1. The smallest absolute Gasteiger partial charge is 0.167 e. The number of aromatic nitrogens is 6. The first kappa shape index (κ1) is 28.9. The van der Waals surface area contributed by atoms with Gasteiger partial charge in [-0.3, -0.25) is 4.57 Å². The van der Waals surface area contributed by atoms with Crippen LogP contribution in [0, 0.1) is 11.1 Å². The van der Waals surface area contributed by atoms with Crippen LogP contribution in [0.15, 0.2) is 30.9 Å². The van der Waals surface area contributed by atoms with Crippen LogP contribution < -0.4 is 5.73 Å². The number of hydroxylamine groups is 3. The Kier molecular flexibility index (Phi) is 7.25. The quantitative estimate of drug-likeness (QED) is 0.181. The number of anilines is 1. The number of nitrogens with one attached hydrogen (secondary N) is 1. The van der Waals surface area contributed by atoms with Gasteiger partial charge in [-0.25, -0.2) is 19.9 Å². The zero-order valence-corrected chi connectivity index (χ0v) is 24.9. The van der Waals surface area contributed by atoms with Gasteiger partial charge in [-0.1, -0.05) is 26.8 Å². The number of benzene rings is 1. The summed E-state index contributed by atoms with van der Waals surface area (Å²) in [6.07, 6.45) is 1.94. The van der Waals surface area contributed by atoms with Crippen molar-refractivity contribution in [3.8, 4) is 0 Å². The van der Waals surface area contributed by atoms with E-state index in [-0.39, 0.29) is 29.9 Å². The summed E-state index contributed by atoms with van der Waals surface area (Å²) in [5.74, 6) is 1.63. The second-order valence-corrected chi connectivity index (χ2v) is 13.5. The minimum absolute atomic E-state index is 0.0488. The number of aliphatic hydroxyl groups is 2. The molecule has 12 heteroatoms. The van der Waals surface area contributed by atoms with Crippen LogP contribution in [-0.2, 0) is 16.6 Å². The van der Waals surface area contributed by atoms with Gasteiger partial charge in [-0.15, -0.1) is 0 Å². The Morgan fingerprint density at radius 2 is 1.93 bits per heavy atom. The second kappa shape index (κ2) is 10.5. The zero-order valence-electron chi connectivity index (χ0n) is 24.9. The number of nitrogen functional groups attached to an aromatic ring is 1. The Morgan fingerprint density at radius 3 is 2.64 bits per heavy atom. The first-order chi connectivity index (χ1) is 19.8. The number of ether oxygens (including phenoxy) is 1. The molecule has 5 atom stereocenters. The first-order valence-electron chi connectivity index (χ1n) is 14.9. The molecule has 42 heavy (non-hydrogen) atoms. The van der Waals surface area contributed by atoms with Crippen molar-refractivity contribution in [1.29, 1.82) is 0 Å². The van der Waals surface area contributed by atoms with Crippen LogP contribution in [0.3, 0.4) is 0 Å². The number of quaternary nitrogens is 1. The second-order valence-electron chi connectivity index (χ2n) is 13.5. The Balaban J connectivity index is 1.09. The van der Waals surface area contributed by atoms with Crippen molar-refractivity contribution in [2.24, 2.45) is 5.92 Å². The monoisotopic (exact) mass is 578 g/mol. The molecule has 0 spiro atoms. The first-order valence-corrected chi connectivity index (χ1v) is 14.9. The minimum atomic E-state index is -1.25. The predicted octanol–water partition coefficient (Wildman–Crippen LogP) is 3.34. The lowest BCUT2D eigenvalue weighted by Gasteiger charge is -2.58. The molecule has 2 aliphatic rings. The molecule has 1 saturated heterocycles. The van der Waals surface area contributed by atoms with Gasteiger partial charge in [0.2, 0.25) is 0 Å². The van der Waals surface area contributed by atoms with Crippen molar-refractivity contribution in [2.75, 3.05) is 12.3 Å². The fraction of sp³-hybridized carbons (Fsp3) is 0.600. The molecule has 2 fully saturated rings. The summed E-state index contributed by atoms with van der Waals surface area (Å²) in [6, 6.07) is 6.12. The predicted molar refractivity (Wildman–Crippen MR) is 159 cm³/mol. The highest BCUT2D eigenvalue weighted by molar-refractivity contribution is 5.81. The standard InChI is InChI=1S/C30H42N8O4/c1-16(2)38(41,13-22-25(39)26(40)29(42-22)37-15-34-24-27(31)32-14-33-28(24)37)19-10-17(11-19)6-9-23-35-20-8-7-18(30(3,4)5)12-21(20)36-23/h7-8,12,14-17,19,22,25-26,29,39-40H,6,9-11,13H2,1-5H3,(H,35,36)(H2,31,32,33)/t17-,19+,22-,25-,26-,29?,38?/m1/s1. The topological polar surface area (TPSA) is 171 Å². The third-order valence-corrected chi connectivity index (χ3v) is 9.35. The van der Waals surface area contributed by atoms with E-state index in [1.165, 1.54) is 22.8 Å². The molecular weight excluding hydrogens is 536 g/mol. The fourth-order valence-corrected chi connectivity index (χ4v) is 6.51.